The van der Waals surface area contributed by atoms with Crippen molar-refractivity contribution in [2.45, 2.75) is 45.4 Å². The minimum atomic E-state index is 0.472. The van der Waals surface area contributed by atoms with Crippen LogP contribution in [-0.2, 0) is 0 Å². The van der Waals surface area contributed by atoms with E-state index in [1.165, 1.54) is 40.8 Å². The number of hydrogen-bond acceptors (Lipinski definition) is 6. The van der Waals surface area contributed by atoms with Crippen molar-refractivity contribution in [2.75, 3.05) is 18.0 Å². The zero-order valence-electron chi connectivity index (χ0n) is 20.5. The smallest absolute Gasteiger partial charge is 0.166 e. The van der Waals surface area contributed by atoms with E-state index in [0.717, 1.165) is 42.9 Å². The van der Waals surface area contributed by atoms with Crippen molar-refractivity contribution in [3.05, 3.63) is 76.6 Å². The van der Waals surface area contributed by atoms with Crippen LogP contribution in [-0.4, -0.2) is 24.1 Å². The van der Waals surface area contributed by atoms with Crippen molar-refractivity contribution < 1.29 is 4.52 Å². The van der Waals surface area contributed by atoms with Crippen LogP contribution in [0.4, 0.5) is 5.69 Å². The Hall–Kier alpha value is -3.58. The maximum absolute atomic E-state index is 5.90. The third-order valence-electron chi connectivity index (χ3n) is 7.27. The van der Waals surface area contributed by atoms with E-state index >= 15 is 0 Å². The molecule has 1 aliphatic carbocycles. The molecule has 1 saturated carbocycles. The molecule has 0 atom stereocenters. The fourth-order valence-corrected chi connectivity index (χ4v) is 5.09. The Kier molecular flexibility index (Phi) is 6.59. The van der Waals surface area contributed by atoms with Gasteiger partial charge in [0.1, 0.15) is 11.5 Å². The van der Waals surface area contributed by atoms with Gasteiger partial charge in [0.05, 0.1) is 0 Å². The minimum absolute atomic E-state index is 0.472. The summed E-state index contributed by atoms with van der Waals surface area (Å²) in [4.78, 5) is 2.43. The number of nitrogens with one attached hydrogen (secondary N) is 1. The highest BCUT2D eigenvalue weighted by atomic mass is 16.5. The summed E-state index contributed by atoms with van der Waals surface area (Å²) in [7, 11) is 0. The van der Waals surface area contributed by atoms with Crippen LogP contribution >= 0.6 is 0 Å². The summed E-state index contributed by atoms with van der Waals surface area (Å²) in [5.41, 5.74) is 10.4. The second-order valence-electron chi connectivity index (χ2n) is 9.70. The maximum atomic E-state index is 5.90. The van der Waals surface area contributed by atoms with Gasteiger partial charge in [0.15, 0.2) is 5.84 Å². The third kappa shape index (κ3) is 4.82. The number of nitrogens with zero attached hydrogens (tertiary/aromatic N) is 3. The molecule has 1 aliphatic heterocycles. The van der Waals surface area contributed by atoms with E-state index < -0.39 is 0 Å². The molecule has 3 aromatic rings. The van der Waals surface area contributed by atoms with Gasteiger partial charge in [-0.05, 0) is 80.8 Å². The zero-order valence-corrected chi connectivity index (χ0v) is 20.5. The maximum Gasteiger partial charge on any atom is 0.166 e. The van der Waals surface area contributed by atoms with Gasteiger partial charge in [-0.2, -0.15) is 5.10 Å². The molecule has 1 aromatic heterocycles. The van der Waals surface area contributed by atoms with Gasteiger partial charge in [0.25, 0.3) is 0 Å². The largest absolute Gasteiger partial charge is 0.371 e. The van der Waals surface area contributed by atoms with Crippen molar-refractivity contribution in [1.29, 1.82) is 0 Å². The lowest BCUT2D eigenvalue weighted by atomic mass is 9.92. The molecule has 0 unspecified atom stereocenters. The number of allylic oxidation sites excluding steroid dienone is 1. The van der Waals surface area contributed by atoms with E-state index in [-0.39, 0.29) is 0 Å². The van der Waals surface area contributed by atoms with Gasteiger partial charge >= 0.3 is 0 Å². The van der Waals surface area contributed by atoms with Crippen LogP contribution in [0.3, 0.4) is 0 Å². The Balaban J connectivity index is 1.29. The molecule has 2 fully saturated rings. The van der Waals surface area contributed by atoms with Crippen LogP contribution in [0, 0.1) is 19.8 Å². The van der Waals surface area contributed by atoms with Crippen molar-refractivity contribution in [2.24, 2.45) is 22.7 Å². The highest BCUT2D eigenvalue weighted by Crippen LogP contribution is 2.45. The molecular weight excluding hydrogens is 436 g/mol. The van der Waals surface area contributed by atoms with Gasteiger partial charge in [0.2, 0.25) is 0 Å². The molecule has 0 amide bonds. The van der Waals surface area contributed by atoms with Gasteiger partial charge in [-0.25, -0.2) is 5.84 Å². The molecule has 7 heteroatoms. The van der Waals surface area contributed by atoms with Gasteiger partial charge in [-0.3, -0.25) is 0 Å². The van der Waals surface area contributed by atoms with E-state index in [0.29, 0.717) is 17.7 Å². The van der Waals surface area contributed by atoms with Crippen LogP contribution in [0.2, 0.25) is 0 Å². The van der Waals surface area contributed by atoms with Gasteiger partial charge in [0, 0.05) is 41.4 Å². The summed E-state index contributed by atoms with van der Waals surface area (Å²) in [6, 6.07) is 14.6. The normalized spacial score (nSPS) is 17.3. The molecule has 2 heterocycles. The van der Waals surface area contributed by atoms with E-state index in [4.69, 9.17) is 16.2 Å². The molecule has 5 N–H and O–H groups in total. The lowest BCUT2D eigenvalue weighted by Gasteiger charge is -2.32. The van der Waals surface area contributed by atoms with Crippen LogP contribution in [0.5, 0.6) is 0 Å². The number of hydrazine groups is 1. The standard InChI is InChI=1S/C28H34N6O/c1-18-4-3-5-19(2)25(18)26-24(27(35-33-26)21-7-8-21)13-6-20-14-16-34(17-15-20)23-11-9-22(10-12-23)28(31-29)32-30/h3-6,9-13,20-21H,7-8,14-17,29-30H2,1-2H3,(H,31,32)/b13-6+. The molecule has 0 radical (unpaired) electrons. The Morgan fingerprint density at radius 3 is 2.34 bits per heavy atom. The fraction of sp³-hybridized carbons (Fsp3) is 0.357. The lowest BCUT2D eigenvalue weighted by molar-refractivity contribution is 0.386. The first-order valence-electron chi connectivity index (χ1n) is 12.4. The molecule has 2 aromatic carbocycles. The van der Waals surface area contributed by atoms with E-state index in [1.807, 2.05) is 12.1 Å². The number of piperidine rings is 1. The first kappa shape index (κ1) is 23.2. The lowest BCUT2D eigenvalue weighted by Crippen LogP contribution is -2.33. The number of nitrogens with two attached hydrogens (primary N) is 2. The van der Waals surface area contributed by atoms with E-state index in [9.17, 15) is 0 Å². The predicted octanol–water partition coefficient (Wildman–Crippen LogP) is 4.85. The molecule has 35 heavy (non-hydrogen) atoms. The third-order valence-corrected chi connectivity index (χ3v) is 7.27. The molecule has 182 valence electrons. The summed E-state index contributed by atoms with van der Waals surface area (Å²) in [6.45, 7) is 6.34. The predicted molar refractivity (Wildman–Crippen MR) is 142 cm³/mol. The Bertz CT molecular complexity index is 1210. The highest BCUT2D eigenvalue weighted by molar-refractivity contribution is 5.98. The second kappa shape index (κ2) is 9.96. The molecule has 0 bridgehead atoms. The van der Waals surface area contributed by atoms with Crippen molar-refractivity contribution >= 4 is 17.6 Å². The quantitative estimate of drug-likeness (QED) is 0.206. The molecule has 1 saturated heterocycles. The second-order valence-corrected chi connectivity index (χ2v) is 9.70. The number of aromatic nitrogens is 1. The monoisotopic (exact) mass is 470 g/mol. The molecule has 7 nitrogen and oxygen atoms in total. The van der Waals surface area contributed by atoms with Gasteiger partial charge in [-0.1, -0.05) is 35.5 Å². The van der Waals surface area contributed by atoms with Crippen LogP contribution in [0.1, 0.15) is 59.6 Å². The summed E-state index contributed by atoms with van der Waals surface area (Å²) < 4.78 is 5.90. The highest BCUT2D eigenvalue weighted by Gasteiger charge is 2.32. The first-order valence-corrected chi connectivity index (χ1v) is 12.4. The Morgan fingerprint density at radius 2 is 1.74 bits per heavy atom. The van der Waals surface area contributed by atoms with Crippen LogP contribution < -0.4 is 22.0 Å². The van der Waals surface area contributed by atoms with Crippen LogP contribution in [0.25, 0.3) is 17.3 Å². The average Bonchev–Trinajstić information content (AvgIpc) is 3.64. The van der Waals surface area contributed by atoms with Gasteiger partial charge in [-0.15, -0.1) is 0 Å². The number of anilines is 1. The summed E-state index contributed by atoms with van der Waals surface area (Å²) in [6.07, 6.45) is 9.28. The van der Waals surface area contributed by atoms with Crippen molar-refractivity contribution in [1.82, 2.24) is 10.6 Å². The number of rotatable bonds is 6. The first-order chi connectivity index (χ1) is 17.1. The van der Waals surface area contributed by atoms with Crippen molar-refractivity contribution in [3.8, 4) is 11.3 Å². The Labute approximate surface area is 206 Å². The Morgan fingerprint density at radius 1 is 1.06 bits per heavy atom. The topological polar surface area (TPSA) is 106 Å². The molecule has 5 rings (SSSR count). The zero-order chi connectivity index (χ0) is 24.4. The summed E-state index contributed by atoms with van der Waals surface area (Å²) in [5, 5.41) is 8.23. The van der Waals surface area contributed by atoms with E-state index in [2.05, 4.69) is 76.9 Å². The number of aryl methyl sites for hydroxylation is 2. The fourth-order valence-electron chi connectivity index (χ4n) is 5.09. The number of hydrogen-bond donors (Lipinski definition) is 3. The molecule has 2 aliphatic rings. The summed E-state index contributed by atoms with van der Waals surface area (Å²) >= 11 is 0. The minimum Gasteiger partial charge on any atom is -0.371 e. The van der Waals surface area contributed by atoms with E-state index in [1.54, 1.807) is 0 Å². The van der Waals surface area contributed by atoms with Crippen molar-refractivity contribution in [3.63, 3.8) is 0 Å². The number of hydrazone groups is 1. The number of benzene rings is 2. The average molecular weight is 471 g/mol. The van der Waals surface area contributed by atoms with Gasteiger partial charge < -0.3 is 20.7 Å². The van der Waals surface area contributed by atoms with Crippen LogP contribution in [0.15, 0.2) is 58.2 Å². The number of amidine groups is 1. The molecular formula is C28H34N6O. The summed E-state index contributed by atoms with van der Waals surface area (Å²) in [5.74, 6) is 13.4. The SMILES string of the molecule is Cc1cccc(C)c1-c1noc(C2CC2)c1/C=C/C1CCN(c2ccc(/C(=N/N)NN)cc2)CC1. The molecule has 0 spiro atoms.